The fourth-order valence-corrected chi connectivity index (χ4v) is 3.03. The SMILES string of the molecule is C[C@@H](O)[C@]1(CC(=O)[O-])N=C(C(=O)[O-])/C(=C/CCCO)S1.[Na+].[Na+]. The van der Waals surface area contributed by atoms with Crippen molar-refractivity contribution in [3.63, 3.8) is 0 Å². The van der Waals surface area contributed by atoms with Gasteiger partial charge in [-0.1, -0.05) is 17.8 Å². The van der Waals surface area contributed by atoms with Gasteiger partial charge < -0.3 is 30.0 Å². The first kappa shape index (κ1) is 24.9. The summed E-state index contributed by atoms with van der Waals surface area (Å²) in [6, 6.07) is 0. The number of allylic oxidation sites excluding steroid dienone is 1. The number of hydrogen-bond acceptors (Lipinski definition) is 8. The fourth-order valence-electron chi connectivity index (χ4n) is 1.72. The Labute approximate surface area is 176 Å². The molecule has 7 nitrogen and oxygen atoms in total. The van der Waals surface area contributed by atoms with Crippen LogP contribution >= 0.6 is 11.8 Å². The Hall–Kier alpha value is 0.620. The number of nitrogens with zero attached hydrogens (tertiary/aromatic N) is 1. The number of aliphatic imine (C=N–C) groups is 1. The van der Waals surface area contributed by atoms with Gasteiger partial charge in [0.05, 0.1) is 17.8 Å². The molecule has 0 unspecified atom stereocenters. The van der Waals surface area contributed by atoms with Crippen LogP contribution in [-0.4, -0.2) is 45.4 Å². The van der Waals surface area contributed by atoms with Crippen LogP contribution in [0.25, 0.3) is 0 Å². The molecule has 22 heavy (non-hydrogen) atoms. The van der Waals surface area contributed by atoms with Crippen LogP contribution in [0.2, 0.25) is 0 Å². The molecule has 0 amide bonds. The summed E-state index contributed by atoms with van der Waals surface area (Å²) in [6.45, 7) is 1.29. The Morgan fingerprint density at radius 2 is 2.00 bits per heavy atom. The Bertz CT molecular complexity index is 469. The largest absolute Gasteiger partial charge is 1.00 e. The zero-order chi connectivity index (χ0) is 15.3. The van der Waals surface area contributed by atoms with Crippen LogP contribution in [0.3, 0.4) is 0 Å². The smallest absolute Gasteiger partial charge is 0.550 e. The summed E-state index contributed by atoms with van der Waals surface area (Å²) >= 11 is 0.866. The van der Waals surface area contributed by atoms with E-state index in [1.165, 1.54) is 13.0 Å². The van der Waals surface area contributed by atoms with Crippen molar-refractivity contribution in [3.8, 4) is 0 Å². The molecule has 1 rings (SSSR count). The second-order valence-electron chi connectivity index (χ2n) is 4.35. The van der Waals surface area contributed by atoms with E-state index in [0.717, 1.165) is 11.8 Å². The van der Waals surface area contributed by atoms with E-state index in [9.17, 15) is 24.9 Å². The monoisotopic (exact) mass is 347 g/mol. The molecule has 0 aromatic carbocycles. The third kappa shape index (κ3) is 6.62. The molecular formula is C12H15NNa2O6S. The zero-order valence-corrected chi connectivity index (χ0v) is 17.7. The number of carbonyl (C=O) groups excluding carboxylic acids is 2. The topological polar surface area (TPSA) is 133 Å². The molecule has 0 bridgehead atoms. The fraction of sp³-hybridized carbons (Fsp3) is 0.583. The number of carboxylic acids is 2. The molecule has 0 aliphatic carbocycles. The Morgan fingerprint density at radius 3 is 2.41 bits per heavy atom. The molecule has 0 spiro atoms. The maximum absolute atomic E-state index is 11.1. The van der Waals surface area contributed by atoms with E-state index in [-0.39, 0.29) is 76.3 Å². The standard InChI is InChI=1S/C12H17NO6S.2Na/c1-7(15)12(6-9(16)17)13-10(11(18)19)8(20-12)4-2-3-5-14;;/h4,7,14-15H,2-3,5-6H2,1H3,(H,16,17)(H,18,19);;/q;2*+1/p-2/b8-4-;;/t7-,12-;;/m1../s1. The van der Waals surface area contributed by atoms with E-state index in [4.69, 9.17) is 5.11 Å². The van der Waals surface area contributed by atoms with Gasteiger partial charge in [-0.05, 0) is 19.8 Å². The molecule has 0 saturated heterocycles. The number of hydrogen-bond donors (Lipinski definition) is 2. The molecule has 1 aliphatic heterocycles. The number of aliphatic hydroxyl groups is 2. The molecule has 1 aliphatic rings. The molecule has 2 N–H and O–H groups in total. The molecule has 1 heterocycles. The summed E-state index contributed by atoms with van der Waals surface area (Å²) in [6.07, 6.45) is 0.598. The van der Waals surface area contributed by atoms with Crippen LogP contribution in [0.5, 0.6) is 0 Å². The van der Waals surface area contributed by atoms with Gasteiger partial charge in [0.25, 0.3) is 0 Å². The van der Waals surface area contributed by atoms with Crippen LogP contribution < -0.4 is 69.3 Å². The second-order valence-corrected chi connectivity index (χ2v) is 5.70. The van der Waals surface area contributed by atoms with Crippen molar-refractivity contribution >= 4 is 29.4 Å². The van der Waals surface area contributed by atoms with E-state index >= 15 is 0 Å². The van der Waals surface area contributed by atoms with Crippen molar-refractivity contribution in [2.24, 2.45) is 4.99 Å². The van der Waals surface area contributed by atoms with Gasteiger partial charge in [0.15, 0.2) is 0 Å². The van der Waals surface area contributed by atoms with Crippen molar-refractivity contribution in [1.82, 2.24) is 0 Å². The van der Waals surface area contributed by atoms with Crippen molar-refractivity contribution in [2.75, 3.05) is 6.61 Å². The first-order valence-corrected chi connectivity index (χ1v) is 6.83. The van der Waals surface area contributed by atoms with Gasteiger partial charge in [0.1, 0.15) is 4.87 Å². The molecule has 0 radical (unpaired) electrons. The van der Waals surface area contributed by atoms with Gasteiger partial charge in [0, 0.05) is 23.9 Å². The van der Waals surface area contributed by atoms with Crippen LogP contribution in [0.4, 0.5) is 0 Å². The number of rotatable bonds is 7. The molecule has 10 heteroatoms. The normalized spacial score (nSPS) is 23.2. The number of aliphatic hydroxyl groups excluding tert-OH is 2. The van der Waals surface area contributed by atoms with E-state index in [1.54, 1.807) is 0 Å². The first-order valence-electron chi connectivity index (χ1n) is 6.02. The van der Waals surface area contributed by atoms with E-state index < -0.39 is 29.3 Å². The summed E-state index contributed by atoms with van der Waals surface area (Å²) < 4.78 is 0. The van der Waals surface area contributed by atoms with Gasteiger partial charge in [0.2, 0.25) is 0 Å². The van der Waals surface area contributed by atoms with E-state index in [0.29, 0.717) is 12.8 Å². The summed E-state index contributed by atoms with van der Waals surface area (Å²) in [5.74, 6) is -2.97. The molecule has 0 fully saturated rings. The number of carboxylic acid groups (broad SMARTS) is 2. The Balaban J connectivity index is 0. The van der Waals surface area contributed by atoms with Crippen molar-refractivity contribution in [3.05, 3.63) is 11.0 Å². The average molecular weight is 347 g/mol. The van der Waals surface area contributed by atoms with Gasteiger partial charge >= 0.3 is 59.1 Å². The van der Waals surface area contributed by atoms with E-state index in [1.807, 2.05) is 0 Å². The minimum absolute atomic E-state index is 0. The maximum Gasteiger partial charge on any atom is 1.00 e. The first-order chi connectivity index (χ1) is 9.32. The quantitative estimate of drug-likeness (QED) is 0.345. The third-order valence-corrected chi connectivity index (χ3v) is 4.27. The molecule has 0 aromatic rings. The van der Waals surface area contributed by atoms with Crippen molar-refractivity contribution < 1.29 is 89.1 Å². The number of thioether (sulfide) groups is 1. The Morgan fingerprint density at radius 1 is 1.41 bits per heavy atom. The van der Waals surface area contributed by atoms with Gasteiger partial charge in [-0.2, -0.15) is 0 Å². The molecule has 0 saturated carbocycles. The predicted octanol–water partition coefficient (Wildman–Crippen LogP) is -8.19. The van der Waals surface area contributed by atoms with Crippen LogP contribution in [0.15, 0.2) is 16.0 Å². The Kier molecular flexibility index (Phi) is 12.7. The minimum atomic E-state index is -1.53. The summed E-state index contributed by atoms with van der Waals surface area (Å²) in [4.78, 5) is 24.4. The number of aliphatic carboxylic acids is 2. The van der Waals surface area contributed by atoms with Crippen LogP contribution in [-0.2, 0) is 9.59 Å². The summed E-state index contributed by atoms with van der Waals surface area (Å²) in [7, 11) is 0. The summed E-state index contributed by atoms with van der Waals surface area (Å²) in [5.41, 5.74) is -0.380. The molecule has 2 atom stereocenters. The van der Waals surface area contributed by atoms with Crippen LogP contribution in [0, 0.1) is 0 Å². The van der Waals surface area contributed by atoms with Gasteiger partial charge in [-0.25, -0.2) is 0 Å². The number of carbonyl (C=O) groups is 2. The van der Waals surface area contributed by atoms with Gasteiger partial charge in [-0.15, -0.1) is 0 Å². The average Bonchev–Trinajstić information content (AvgIpc) is 2.69. The third-order valence-electron chi connectivity index (χ3n) is 2.76. The molecule has 0 aromatic heterocycles. The van der Waals surface area contributed by atoms with E-state index in [2.05, 4.69) is 4.99 Å². The molecule has 112 valence electrons. The number of unbranched alkanes of at least 4 members (excludes halogenated alkanes) is 1. The zero-order valence-electron chi connectivity index (χ0n) is 12.9. The maximum atomic E-state index is 11.1. The van der Waals surface area contributed by atoms with Gasteiger partial charge in [-0.3, -0.25) is 4.99 Å². The molecular weight excluding hydrogens is 332 g/mol. The summed E-state index contributed by atoms with van der Waals surface area (Å²) in [5, 5.41) is 40.3. The van der Waals surface area contributed by atoms with Crippen molar-refractivity contribution in [2.45, 2.75) is 37.2 Å². The van der Waals surface area contributed by atoms with Crippen molar-refractivity contribution in [1.29, 1.82) is 0 Å². The van der Waals surface area contributed by atoms with Crippen LogP contribution in [0.1, 0.15) is 26.2 Å². The second kappa shape index (κ2) is 11.2. The predicted molar refractivity (Wildman–Crippen MR) is 68.5 cm³/mol. The minimum Gasteiger partial charge on any atom is -0.550 e.